The molecule has 0 aliphatic carbocycles. The highest BCUT2D eigenvalue weighted by Crippen LogP contribution is 2.04. The summed E-state index contributed by atoms with van der Waals surface area (Å²) in [6.07, 6.45) is -22.9. The fourth-order valence-electron chi connectivity index (χ4n) is 2.07. The molecule has 0 saturated carbocycles. The van der Waals surface area contributed by atoms with Crippen molar-refractivity contribution in [3.8, 4) is 0 Å². The van der Waals surface area contributed by atoms with Crippen LogP contribution in [0.3, 0.4) is 0 Å². The molecule has 22 heteroatoms. The third-order valence-corrected chi connectivity index (χ3v) is 4.98. The van der Waals surface area contributed by atoms with Crippen molar-refractivity contribution in [3.05, 3.63) is 0 Å². The Morgan fingerprint density at radius 3 is 0.614 bits per heavy atom. The Morgan fingerprint density at radius 1 is 0.295 bits per heavy atom. The first kappa shape index (κ1) is 48.9. The van der Waals surface area contributed by atoms with Gasteiger partial charge in [-0.15, -0.1) is 0 Å². The SMILES string of the molecule is O=C[C@@H](O)[C@H](O)[C@H](O)CO.O=C[C@H](O)[C@@H](O)[C@@H](O)[C@H](O)CO.O=C[C@H](O)[C@@H](O)[C@H](O)[C@H](O)CO.O=C[C@H](O)[C@H](O)[C@H](O)CO. The van der Waals surface area contributed by atoms with Crippen molar-refractivity contribution in [3.63, 3.8) is 0 Å². The van der Waals surface area contributed by atoms with Gasteiger partial charge < -0.3 is 111 Å². The van der Waals surface area contributed by atoms with E-state index in [1.807, 2.05) is 0 Å². The molecule has 0 bridgehead atoms. The number of hydrogen-bond acceptors (Lipinski definition) is 22. The van der Waals surface area contributed by atoms with E-state index in [2.05, 4.69) is 0 Å². The fraction of sp³-hybridized carbons (Fsp3) is 0.818. The molecule has 264 valence electrons. The van der Waals surface area contributed by atoms with Crippen molar-refractivity contribution in [2.24, 2.45) is 0 Å². The zero-order chi connectivity index (χ0) is 35.7. The molecule has 0 fully saturated rings. The van der Waals surface area contributed by atoms with Crippen molar-refractivity contribution in [2.45, 2.75) is 85.5 Å². The van der Waals surface area contributed by atoms with Crippen LogP contribution in [0.2, 0.25) is 0 Å². The van der Waals surface area contributed by atoms with Crippen LogP contribution in [0.4, 0.5) is 0 Å². The highest BCUT2D eigenvalue weighted by Gasteiger charge is 2.30. The monoisotopic (exact) mass is 660 g/mol. The third kappa shape index (κ3) is 20.8. The standard InChI is InChI=1S/2C6H12O6.2C5H10O5/c2*7-1-3(9)5(11)6(12)4(10)2-8;2*6-1-3(8)5(10)4(9)2-7/h2*1,3-6,8-12H,2H2;2*1,3-5,7-10H,2H2/t3-,4+,5+,6+;3-,4+,5+,6-;3-,4+,5-;3-,4-,5+/m0001/s1. The molecule has 0 radical (unpaired) electrons. The highest BCUT2D eigenvalue weighted by molar-refractivity contribution is 5.57. The number of hydrogen-bond donors (Lipinski definition) is 18. The maximum atomic E-state index is 9.90. The summed E-state index contributed by atoms with van der Waals surface area (Å²) in [6, 6.07) is 0. The molecule has 18 N–H and O–H groups in total. The van der Waals surface area contributed by atoms with E-state index in [1.165, 1.54) is 0 Å². The van der Waals surface area contributed by atoms with E-state index in [-0.39, 0.29) is 25.1 Å². The Hall–Kier alpha value is -2.04. The fourth-order valence-corrected chi connectivity index (χ4v) is 2.07. The smallest absolute Gasteiger partial charge is 0.151 e. The van der Waals surface area contributed by atoms with E-state index in [0.29, 0.717) is 0 Å². The van der Waals surface area contributed by atoms with Crippen LogP contribution < -0.4 is 0 Å². The Labute approximate surface area is 248 Å². The summed E-state index contributed by atoms with van der Waals surface area (Å²) in [6.45, 7) is -2.90. The van der Waals surface area contributed by atoms with Gasteiger partial charge >= 0.3 is 0 Å². The lowest BCUT2D eigenvalue weighted by molar-refractivity contribution is -0.136. The summed E-state index contributed by atoms with van der Waals surface area (Å²) in [5.41, 5.74) is 0. The molecule has 0 amide bonds. The van der Waals surface area contributed by atoms with Crippen LogP contribution in [0.1, 0.15) is 0 Å². The first-order valence-corrected chi connectivity index (χ1v) is 12.1. The molecule has 44 heavy (non-hydrogen) atoms. The zero-order valence-electron chi connectivity index (χ0n) is 22.9. The van der Waals surface area contributed by atoms with E-state index < -0.39 is 112 Å². The molecule has 0 rings (SSSR count). The van der Waals surface area contributed by atoms with Gasteiger partial charge in [-0.25, -0.2) is 0 Å². The second kappa shape index (κ2) is 28.4. The molecular formula is C22H44O22. The van der Waals surface area contributed by atoms with Crippen molar-refractivity contribution in [2.75, 3.05) is 26.4 Å². The average molecular weight is 661 g/mol. The van der Waals surface area contributed by atoms with Gasteiger partial charge in [-0.1, -0.05) is 0 Å². The minimum Gasteiger partial charge on any atom is -0.394 e. The number of rotatable bonds is 18. The predicted molar refractivity (Wildman–Crippen MR) is 137 cm³/mol. The molecule has 22 nitrogen and oxygen atoms in total. The predicted octanol–water partition coefficient (Wildman–Crippen LogP) is -12.2. The number of aliphatic hydroxyl groups excluding tert-OH is 18. The van der Waals surface area contributed by atoms with Gasteiger partial charge in [0, 0.05) is 0 Å². The Morgan fingerprint density at radius 2 is 0.455 bits per heavy atom. The van der Waals surface area contributed by atoms with E-state index in [0.717, 1.165) is 0 Å². The van der Waals surface area contributed by atoms with Crippen LogP contribution >= 0.6 is 0 Å². The number of carbonyl (C=O) groups is 4. The Balaban J connectivity index is -0.000000243. The van der Waals surface area contributed by atoms with Gasteiger partial charge in [0.15, 0.2) is 25.1 Å². The zero-order valence-corrected chi connectivity index (χ0v) is 22.9. The van der Waals surface area contributed by atoms with Gasteiger partial charge in [-0.05, 0) is 0 Å². The molecule has 14 atom stereocenters. The third-order valence-electron chi connectivity index (χ3n) is 4.98. The molecule has 0 saturated heterocycles. The van der Waals surface area contributed by atoms with E-state index in [4.69, 9.17) is 91.9 Å². The molecule has 0 spiro atoms. The summed E-state index contributed by atoms with van der Waals surface area (Å²) in [7, 11) is 0. The largest absolute Gasteiger partial charge is 0.394 e. The molecule has 0 aromatic heterocycles. The van der Waals surface area contributed by atoms with Crippen LogP contribution in [0.25, 0.3) is 0 Å². The average Bonchev–Trinajstić information content (AvgIpc) is 3.06. The van der Waals surface area contributed by atoms with Gasteiger partial charge in [0.2, 0.25) is 0 Å². The summed E-state index contributed by atoms with van der Waals surface area (Å²) in [5, 5.41) is 155. The maximum Gasteiger partial charge on any atom is 0.151 e. The number of aldehydes is 4. The second-order valence-corrected chi connectivity index (χ2v) is 8.45. The van der Waals surface area contributed by atoms with Crippen molar-refractivity contribution in [1.29, 1.82) is 0 Å². The maximum absolute atomic E-state index is 9.90. The summed E-state index contributed by atoms with van der Waals surface area (Å²) in [5.74, 6) is 0. The van der Waals surface area contributed by atoms with Crippen LogP contribution in [0, 0.1) is 0 Å². The lowest BCUT2D eigenvalue weighted by Crippen LogP contribution is -2.46. The van der Waals surface area contributed by atoms with Crippen molar-refractivity contribution >= 4 is 25.1 Å². The lowest BCUT2D eigenvalue weighted by atomic mass is 10.0. The van der Waals surface area contributed by atoms with Gasteiger partial charge in [0.05, 0.1) is 26.4 Å². The van der Waals surface area contributed by atoms with Crippen molar-refractivity contribution in [1.82, 2.24) is 0 Å². The van der Waals surface area contributed by atoms with Crippen molar-refractivity contribution < 1.29 is 111 Å². The van der Waals surface area contributed by atoms with E-state index in [9.17, 15) is 19.2 Å². The molecular weight excluding hydrogens is 616 g/mol. The topological polar surface area (TPSA) is 432 Å². The van der Waals surface area contributed by atoms with Gasteiger partial charge in [0.1, 0.15) is 85.5 Å². The summed E-state index contributed by atoms with van der Waals surface area (Å²) < 4.78 is 0. The molecule has 0 aliphatic heterocycles. The molecule has 0 aliphatic rings. The summed E-state index contributed by atoms with van der Waals surface area (Å²) in [4.78, 5) is 39.3. The van der Waals surface area contributed by atoms with E-state index in [1.54, 1.807) is 0 Å². The first-order valence-electron chi connectivity index (χ1n) is 12.1. The molecule has 0 aromatic carbocycles. The Kier molecular flexibility index (Phi) is 31.6. The van der Waals surface area contributed by atoms with E-state index >= 15 is 0 Å². The lowest BCUT2D eigenvalue weighted by Gasteiger charge is -2.22. The first-order chi connectivity index (χ1) is 20.3. The van der Waals surface area contributed by atoms with Gasteiger partial charge in [-0.3, -0.25) is 0 Å². The van der Waals surface area contributed by atoms with Crippen LogP contribution in [0.15, 0.2) is 0 Å². The number of carbonyl (C=O) groups excluding carboxylic acids is 4. The molecule has 0 aromatic rings. The Bertz CT molecular complexity index is 658. The second-order valence-electron chi connectivity index (χ2n) is 8.45. The summed E-state index contributed by atoms with van der Waals surface area (Å²) >= 11 is 0. The normalized spacial score (nSPS) is 20.4. The number of aliphatic hydroxyl groups is 18. The van der Waals surface area contributed by atoms with Gasteiger partial charge in [0.25, 0.3) is 0 Å². The minimum absolute atomic E-state index is 0.0258. The van der Waals surface area contributed by atoms with Crippen LogP contribution in [-0.2, 0) is 19.2 Å². The van der Waals surface area contributed by atoms with Gasteiger partial charge in [-0.2, -0.15) is 0 Å². The van der Waals surface area contributed by atoms with Crippen LogP contribution in [-0.4, -0.2) is 229 Å². The quantitative estimate of drug-likeness (QED) is 0.0606. The molecule has 0 heterocycles. The molecule has 0 unspecified atom stereocenters. The minimum atomic E-state index is -1.79. The van der Waals surface area contributed by atoms with Crippen LogP contribution in [0.5, 0.6) is 0 Å². The highest BCUT2D eigenvalue weighted by atomic mass is 16.4.